The fraction of sp³-hybridized carbons (Fsp3) is 0.200. The SMILES string of the molecule is N#Cc1ccc2c(c1)C(O)=C1NC(=O)CC=C1CC2. The Morgan fingerprint density at radius 1 is 1.32 bits per heavy atom. The number of carbonyl (C=O) groups excluding carboxylic acids is 1. The van der Waals surface area contributed by atoms with Crippen molar-refractivity contribution in [2.75, 3.05) is 0 Å². The van der Waals surface area contributed by atoms with Gasteiger partial charge in [0.15, 0.2) is 0 Å². The van der Waals surface area contributed by atoms with Gasteiger partial charge in [-0.3, -0.25) is 4.79 Å². The lowest BCUT2D eigenvalue weighted by atomic mass is 10.0. The maximum absolute atomic E-state index is 11.5. The Bertz CT molecular complexity index is 678. The number of aryl methyl sites for hydroxylation is 1. The van der Waals surface area contributed by atoms with Crippen LogP contribution in [0.2, 0.25) is 0 Å². The van der Waals surface area contributed by atoms with Gasteiger partial charge in [-0.05, 0) is 36.1 Å². The van der Waals surface area contributed by atoms with Gasteiger partial charge in [-0.1, -0.05) is 12.1 Å². The molecule has 19 heavy (non-hydrogen) atoms. The first-order valence-electron chi connectivity index (χ1n) is 6.15. The number of aliphatic hydroxyl groups excluding tert-OH is 1. The molecule has 0 atom stereocenters. The summed E-state index contributed by atoms with van der Waals surface area (Å²) in [6.07, 6.45) is 3.78. The number of benzene rings is 1. The molecule has 1 aliphatic carbocycles. The molecule has 0 radical (unpaired) electrons. The molecule has 0 bridgehead atoms. The minimum absolute atomic E-state index is 0.0592. The highest BCUT2D eigenvalue weighted by Gasteiger charge is 2.24. The van der Waals surface area contributed by atoms with Crippen molar-refractivity contribution in [1.82, 2.24) is 5.32 Å². The lowest BCUT2D eigenvalue weighted by molar-refractivity contribution is -0.119. The molecule has 0 aromatic heterocycles. The van der Waals surface area contributed by atoms with E-state index in [4.69, 9.17) is 5.26 Å². The van der Waals surface area contributed by atoms with Gasteiger partial charge in [-0.25, -0.2) is 0 Å². The molecule has 0 unspecified atom stereocenters. The molecule has 4 heteroatoms. The summed E-state index contributed by atoms with van der Waals surface area (Å²) >= 11 is 0. The monoisotopic (exact) mass is 252 g/mol. The van der Waals surface area contributed by atoms with E-state index in [-0.39, 0.29) is 11.7 Å². The molecular weight excluding hydrogens is 240 g/mol. The van der Waals surface area contributed by atoms with Crippen LogP contribution in [0.25, 0.3) is 5.76 Å². The summed E-state index contributed by atoms with van der Waals surface area (Å²) in [7, 11) is 0. The second kappa shape index (κ2) is 4.29. The number of amides is 1. The summed E-state index contributed by atoms with van der Waals surface area (Å²) in [5, 5.41) is 22.1. The van der Waals surface area contributed by atoms with Crippen molar-refractivity contribution in [2.45, 2.75) is 19.3 Å². The van der Waals surface area contributed by atoms with Crippen LogP contribution < -0.4 is 5.32 Å². The van der Waals surface area contributed by atoms with Gasteiger partial charge >= 0.3 is 0 Å². The number of rotatable bonds is 0. The second-order valence-corrected chi connectivity index (χ2v) is 4.69. The van der Waals surface area contributed by atoms with Crippen LogP contribution in [0.1, 0.15) is 29.5 Å². The van der Waals surface area contributed by atoms with E-state index in [1.165, 1.54) is 0 Å². The maximum Gasteiger partial charge on any atom is 0.228 e. The molecule has 4 nitrogen and oxygen atoms in total. The van der Waals surface area contributed by atoms with E-state index < -0.39 is 0 Å². The summed E-state index contributed by atoms with van der Waals surface area (Å²) < 4.78 is 0. The van der Waals surface area contributed by atoms with Crippen LogP contribution in [0.5, 0.6) is 0 Å². The van der Waals surface area contributed by atoms with Crippen LogP contribution in [0.3, 0.4) is 0 Å². The van der Waals surface area contributed by atoms with Crippen molar-refractivity contribution in [1.29, 1.82) is 5.26 Å². The molecule has 1 amide bonds. The Hall–Kier alpha value is -2.54. The maximum atomic E-state index is 11.5. The molecular formula is C15H12N2O2. The highest BCUT2D eigenvalue weighted by Crippen LogP contribution is 2.32. The molecule has 94 valence electrons. The van der Waals surface area contributed by atoms with Crippen molar-refractivity contribution in [3.8, 4) is 6.07 Å². The zero-order valence-electron chi connectivity index (χ0n) is 10.2. The standard InChI is InChI=1S/C15H12N2O2/c16-8-9-1-2-10-3-4-11-5-6-13(18)17-14(11)15(19)12(10)7-9/h1-2,5,7,19H,3-4,6H2,(H,17,18). The number of hydrogen-bond donors (Lipinski definition) is 2. The van der Waals surface area contributed by atoms with E-state index in [1.54, 1.807) is 12.1 Å². The number of fused-ring (bicyclic) bond motifs is 2. The molecule has 1 heterocycles. The Morgan fingerprint density at radius 3 is 2.95 bits per heavy atom. The van der Waals surface area contributed by atoms with Crippen molar-refractivity contribution in [3.63, 3.8) is 0 Å². The van der Waals surface area contributed by atoms with Crippen LogP contribution in [0.15, 0.2) is 35.5 Å². The van der Waals surface area contributed by atoms with Gasteiger partial charge in [-0.15, -0.1) is 0 Å². The summed E-state index contributed by atoms with van der Waals surface area (Å²) in [6.45, 7) is 0. The fourth-order valence-electron chi connectivity index (χ4n) is 2.52. The summed E-state index contributed by atoms with van der Waals surface area (Å²) in [5.41, 5.74) is 3.59. The van der Waals surface area contributed by atoms with E-state index in [1.807, 2.05) is 12.1 Å². The summed E-state index contributed by atoms with van der Waals surface area (Å²) in [5.74, 6) is -0.0610. The zero-order valence-corrected chi connectivity index (χ0v) is 10.2. The summed E-state index contributed by atoms with van der Waals surface area (Å²) in [6, 6.07) is 7.35. The minimum atomic E-state index is -0.120. The topological polar surface area (TPSA) is 73.1 Å². The van der Waals surface area contributed by atoms with Crippen molar-refractivity contribution in [3.05, 3.63) is 52.2 Å². The van der Waals surface area contributed by atoms with Gasteiger partial charge in [-0.2, -0.15) is 5.26 Å². The second-order valence-electron chi connectivity index (χ2n) is 4.69. The van der Waals surface area contributed by atoms with Gasteiger partial charge in [0.2, 0.25) is 5.91 Å². The number of nitrogens with zero attached hydrogens (tertiary/aromatic N) is 1. The van der Waals surface area contributed by atoms with E-state index in [9.17, 15) is 9.90 Å². The van der Waals surface area contributed by atoms with Crippen molar-refractivity contribution in [2.24, 2.45) is 0 Å². The van der Waals surface area contributed by atoms with Crippen LogP contribution in [0.4, 0.5) is 0 Å². The summed E-state index contributed by atoms with van der Waals surface area (Å²) in [4.78, 5) is 11.5. The van der Waals surface area contributed by atoms with Crippen molar-refractivity contribution >= 4 is 11.7 Å². The number of aliphatic hydroxyl groups is 1. The average molecular weight is 252 g/mol. The minimum Gasteiger partial charge on any atom is -0.505 e. The first-order valence-corrected chi connectivity index (χ1v) is 6.15. The highest BCUT2D eigenvalue weighted by atomic mass is 16.3. The van der Waals surface area contributed by atoms with Gasteiger partial charge in [0.25, 0.3) is 0 Å². The predicted molar refractivity (Wildman–Crippen MR) is 69.9 cm³/mol. The normalized spacial score (nSPS) is 17.6. The Balaban J connectivity index is 2.20. The van der Waals surface area contributed by atoms with Crippen LogP contribution >= 0.6 is 0 Å². The molecule has 3 rings (SSSR count). The first kappa shape index (κ1) is 11.5. The molecule has 2 N–H and O–H groups in total. The van der Waals surface area contributed by atoms with Gasteiger partial charge in [0.05, 0.1) is 17.3 Å². The largest absolute Gasteiger partial charge is 0.505 e. The molecule has 1 aromatic rings. The van der Waals surface area contributed by atoms with E-state index in [0.29, 0.717) is 23.2 Å². The van der Waals surface area contributed by atoms with Crippen molar-refractivity contribution < 1.29 is 9.90 Å². The Morgan fingerprint density at radius 2 is 2.16 bits per heavy atom. The lowest BCUT2D eigenvalue weighted by Crippen LogP contribution is -2.27. The number of nitrogens with one attached hydrogen (secondary N) is 1. The number of allylic oxidation sites excluding steroid dienone is 1. The smallest absolute Gasteiger partial charge is 0.228 e. The molecule has 0 saturated carbocycles. The molecule has 1 aromatic carbocycles. The van der Waals surface area contributed by atoms with E-state index >= 15 is 0 Å². The third-order valence-electron chi connectivity index (χ3n) is 3.51. The molecule has 2 aliphatic rings. The number of nitriles is 1. The average Bonchev–Trinajstić information content (AvgIpc) is 2.57. The quantitative estimate of drug-likeness (QED) is 0.743. The molecule has 0 fully saturated rings. The van der Waals surface area contributed by atoms with Gasteiger partial charge in [0, 0.05) is 12.0 Å². The van der Waals surface area contributed by atoms with E-state index in [2.05, 4.69) is 11.4 Å². The Labute approximate surface area is 110 Å². The van der Waals surface area contributed by atoms with Crippen LogP contribution in [0, 0.1) is 11.3 Å². The Kier molecular flexibility index (Phi) is 2.60. The van der Waals surface area contributed by atoms with Gasteiger partial charge in [0.1, 0.15) is 5.76 Å². The predicted octanol–water partition coefficient (Wildman–Crippen LogP) is 2.18. The lowest BCUT2D eigenvalue weighted by Gasteiger charge is -2.17. The molecule has 1 aliphatic heterocycles. The zero-order chi connectivity index (χ0) is 13.4. The fourth-order valence-corrected chi connectivity index (χ4v) is 2.52. The van der Waals surface area contributed by atoms with E-state index in [0.717, 1.165) is 24.0 Å². The third kappa shape index (κ3) is 1.89. The molecule has 0 spiro atoms. The number of hydrogen-bond acceptors (Lipinski definition) is 3. The third-order valence-corrected chi connectivity index (χ3v) is 3.51. The first-order chi connectivity index (χ1) is 9.19. The molecule has 0 saturated heterocycles. The van der Waals surface area contributed by atoms with Gasteiger partial charge < -0.3 is 10.4 Å². The van der Waals surface area contributed by atoms with Crippen LogP contribution in [-0.4, -0.2) is 11.0 Å². The number of carbonyl (C=O) groups is 1. The highest BCUT2D eigenvalue weighted by molar-refractivity contribution is 5.86. The van der Waals surface area contributed by atoms with Crippen LogP contribution in [-0.2, 0) is 11.2 Å².